The maximum Gasteiger partial charge on any atom is 0.311 e. The van der Waals surface area contributed by atoms with E-state index in [2.05, 4.69) is 5.32 Å². The topological polar surface area (TPSA) is 75.7 Å². The molecule has 1 aromatic rings. The van der Waals surface area contributed by atoms with Gasteiger partial charge >= 0.3 is 5.97 Å². The van der Waals surface area contributed by atoms with Gasteiger partial charge in [0, 0.05) is 19.5 Å². The lowest BCUT2D eigenvalue weighted by Gasteiger charge is -2.31. The summed E-state index contributed by atoms with van der Waals surface area (Å²) in [6.45, 7) is 2.37. The summed E-state index contributed by atoms with van der Waals surface area (Å²) in [6, 6.07) is 4.85. The molecule has 1 unspecified atom stereocenters. The van der Waals surface area contributed by atoms with Crippen LogP contribution in [0.4, 0.5) is 5.69 Å². The first-order valence-corrected chi connectivity index (χ1v) is 8.86. The highest BCUT2D eigenvalue weighted by Gasteiger charge is 2.29. The first-order valence-electron chi connectivity index (χ1n) is 8.10. The quantitative estimate of drug-likeness (QED) is 0.788. The molecule has 0 bridgehead atoms. The third kappa shape index (κ3) is 5.34. The van der Waals surface area contributed by atoms with Crippen molar-refractivity contribution in [1.29, 1.82) is 0 Å². The van der Waals surface area contributed by atoms with Crippen molar-refractivity contribution in [2.45, 2.75) is 26.2 Å². The zero-order valence-electron chi connectivity index (χ0n) is 13.9. The van der Waals surface area contributed by atoms with Crippen LogP contribution in [0.3, 0.4) is 0 Å². The second kappa shape index (κ2) is 9.06. The maximum absolute atomic E-state index is 12.1. The molecule has 1 heterocycles. The van der Waals surface area contributed by atoms with Gasteiger partial charge in [-0.05, 0) is 25.0 Å². The molecule has 6 nitrogen and oxygen atoms in total. The summed E-state index contributed by atoms with van der Waals surface area (Å²) in [5.74, 6) is -1.35. The van der Waals surface area contributed by atoms with E-state index >= 15 is 0 Å². The number of carbonyl (C=O) groups is 3. The van der Waals surface area contributed by atoms with Crippen LogP contribution in [0.25, 0.3) is 0 Å². The van der Waals surface area contributed by atoms with Crippen LogP contribution in [-0.2, 0) is 19.1 Å². The summed E-state index contributed by atoms with van der Waals surface area (Å²) in [7, 11) is 0. The number of anilines is 1. The van der Waals surface area contributed by atoms with Crippen LogP contribution in [0.5, 0.6) is 0 Å². The van der Waals surface area contributed by atoms with E-state index in [1.54, 1.807) is 30.0 Å². The monoisotopic (exact) mass is 386 g/mol. The van der Waals surface area contributed by atoms with Gasteiger partial charge in [-0.1, -0.05) is 36.2 Å². The Bertz CT molecular complexity index is 666. The van der Waals surface area contributed by atoms with Gasteiger partial charge in [0.15, 0.2) is 6.61 Å². The van der Waals surface area contributed by atoms with E-state index in [0.717, 1.165) is 6.42 Å². The number of nitrogens with one attached hydrogen (secondary N) is 1. The minimum absolute atomic E-state index is 0.0193. The Labute approximate surface area is 156 Å². The lowest BCUT2D eigenvalue weighted by Crippen LogP contribution is -2.42. The van der Waals surface area contributed by atoms with Gasteiger partial charge in [-0.25, -0.2) is 0 Å². The average Bonchev–Trinajstić information content (AvgIpc) is 2.63. The predicted molar refractivity (Wildman–Crippen MR) is 95.6 cm³/mol. The van der Waals surface area contributed by atoms with Gasteiger partial charge in [-0.15, -0.1) is 0 Å². The molecule has 1 aliphatic rings. The van der Waals surface area contributed by atoms with E-state index < -0.39 is 24.4 Å². The summed E-state index contributed by atoms with van der Waals surface area (Å²) in [5, 5.41) is 3.09. The summed E-state index contributed by atoms with van der Waals surface area (Å²) in [6.07, 6.45) is 1.80. The van der Waals surface area contributed by atoms with E-state index in [-0.39, 0.29) is 10.9 Å². The van der Waals surface area contributed by atoms with Crippen molar-refractivity contribution in [3.05, 3.63) is 28.2 Å². The molecule has 1 atom stereocenters. The van der Waals surface area contributed by atoms with E-state index in [9.17, 15) is 14.4 Å². The number of esters is 1. The first-order chi connectivity index (χ1) is 11.9. The summed E-state index contributed by atoms with van der Waals surface area (Å²) in [4.78, 5) is 37.5. The van der Waals surface area contributed by atoms with Crippen LogP contribution < -0.4 is 5.32 Å². The fourth-order valence-corrected chi connectivity index (χ4v) is 3.01. The van der Waals surface area contributed by atoms with Crippen LogP contribution in [0.2, 0.25) is 10.0 Å². The number of hydrogen-bond acceptors (Lipinski definition) is 4. The third-order valence-corrected chi connectivity index (χ3v) is 4.80. The van der Waals surface area contributed by atoms with E-state index in [4.69, 9.17) is 27.9 Å². The molecule has 0 aliphatic carbocycles. The standard InChI is InChI=1S/C17H20Cl2N2O4/c1-2-15(23)21-8-4-5-11(9-21)17(24)25-10-14(22)20-13-7-3-6-12(18)16(13)19/h3,6-7,11H,2,4-5,8-10H2,1H3,(H,20,22). The van der Waals surface area contributed by atoms with Crippen molar-refractivity contribution in [2.24, 2.45) is 5.92 Å². The number of carbonyl (C=O) groups excluding carboxylic acids is 3. The highest BCUT2D eigenvalue weighted by Crippen LogP contribution is 2.29. The van der Waals surface area contributed by atoms with Crippen molar-refractivity contribution in [1.82, 2.24) is 4.90 Å². The Morgan fingerprint density at radius 3 is 2.80 bits per heavy atom. The number of piperidine rings is 1. The van der Waals surface area contributed by atoms with Gasteiger partial charge in [0.1, 0.15) is 0 Å². The number of rotatable bonds is 5. The molecular formula is C17H20Cl2N2O4. The fraction of sp³-hybridized carbons (Fsp3) is 0.471. The van der Waals surface area contributed by atoms with Crippen molar-refractivity contribution in [3.63, 3.8) is 0 Å². The Hall–Kier alpha value is -1.79. The van der Waals surface area contributed by atoms with E-state index in [0.29, 0.717) is 36.6 Å². The Morgan fingerprint density at radius 1 is 1.32 bits per heavy atom. The number of amides is 2. The lowest BCUT2D eigenvalue weighted by molar-refractivity contribution is -0.154. The second-order valence-corrected chi connectivity index (χ2v) is 6.57. The molecule has 1 aromatic carbocycles. The predicted octanol–water partition coefficient (Wildman–Crippen LogP) is 3.12. The molecule has 2 amide bonds. The molecular weight excluding hydrogens is 367 g/mol. The molecule has 8 heteroatoms. The third-order valence-electron chi connectivity index (χ3n) is 3.98. The van der Waals surface area contributed by atoms with Gasteiger partial charge in [0.05, 0.1) is 21.7 Å². The number of hydrogen-bond donors (Lipinski definition) is 1. The summed E-state index contributed by atoms with van der Waals surface area (Å²) in [5.41, 5.74) is 0.354. The highest BCUT2D eigenvalue weighted by atomic mass is 35.5. The van der Waals surface area contributed by atoms with E-state index in [1.165, 1.54) is 0 Å². The summed E-state index contributed by atoms with van der Waals surface area (Å²) < 4.78 is 5.08. The average molecular weight is 387 g/mol. The highest BCUT2D eigenvalue weighted by molar-refractivity contribution is 6.44. The van der Waals surface area contributed by atoms with Crippen molar-refractivity contribution >= 4 is 46.7 Å². The molecule has 1 N–H and O–H groups in total. The number of ether oxygens (including phenoxy) is 1. The molecule has 1 aliphatic heterocycles. The fourth-order valence-electron chi connectivity index (χ4n) is 2.66. The minimum atomic E-state index is -0.505. The zero-order chi connectivity index (χ0) is 18.4. The number of benzene rings is 1. The number of likely N-dealkylation sites (tertiary alicyclic amines) is 1. The minimum Gasteiger partial charge on any atom is -0.455 e. The number of nitrogens with zero attached hydrogens (tertiary/aromatic N) is 1. The first kappa shape index (κ1) is 19.5. The molecule has 25 heavy (non-hydrogen) atoms. The molecule has 136 valence electrons. The summed E-state index contributed by atoms with van der Waals surface area (Å²) >= 11 is 11.9. The zero-order valence-corrected chi connectivity index (χ0v) is 15.4. The van der Waals surface area contributed by atoms with Crippen LogP contribution in [-0.4, -0.2) is 42.4 Å². The van der Waals surface area contributed by atoms with Crippen molar-refractivity contribution in [2.75, 3.05) is 25.0 Å². The van der Waals surface area contributed by atoms with Gasteiger partial charge in [-0.3, -0.25) is 14.4 Å². The lowest BCUT2D eigenvalue weighted by atomic mass is 9.98. The van der Waals surface area contributed by atoms with Gasteiger partial charge in [0.25, 0.3) is 5.91 Å². The molecule has 0 spiro atoms. The van der Waals surface area contributed by atoms with Crippen molar-refractivity contribution in [3.8, 4) is 0 Å². The van der Waals surface area contributed by atoms with Crippen LogP contribution in [0.15, 0.2) is 18.2 Å². The Kier molecular flexibility index (Phi) is 7.08. The molecule has 1 fully saturated rings. The normalized spacial score (nSPS) is 17.1. The number of halogens is 2. The SMILES string of the molecule is CCC(=O)N1CCCC(C(=O)OCC(=O)Nc2cccc(Cl)c2Cl)C1. The second-order valence-electron chi connectivity index (χ2n) is 5.79. The van der Waals surface area contributed by atoms with Crippen LogP contribution in [0.1, 0.15) is 26.2 Å². The van der Waals surface area contributed by atoms with Crippen LogP contribution in [0, 0.1) is 5.92 Å². The Balaban J connectivity index is 1.84. The molecule has 0 aromatic heterocycles. The molecule has 1 saturated heterocycles. The molecule has 0 radical (unpaired) electrons. The van der Waals surface area contributed by atoms with E-state index in [1.807, 2.05) is 0 Å². The Morgan fingerprint density at radius 2 is 2.08 bits per heavy atom. The van der Waals surface area contributed by atoms with Crippen LogP contribution >= 0.6 is 23.2 Å². The van der Waals surface area contributed by atoms with Gasteiger partial charge in [-0.2, -0.15) is 0 Å². The largest absolute Gasteiger partial charge is 0.455 e. The molecule has 2 rings (SSSR count). The van der Waals surface area contributed by atoms with Crippen molar-refractivity contribution < 1.29 is 19.1 Å². The maximum atomic E-state index is 12.1. The van der Waals surface area contributed by atoms with Gasteiger partial charge < -0.3 is 15.0 Å². The van der Waals surface area contributed by atoms with Gasteiger partial charge in [0.2, 0.25) is 5.91 Å². The molecule has 0 saturated carbocycles. The smallest absolute Gasteiger partial charge is 0.311 e.